The molecule has 0 bridgehead atoms. The van der Waals surface area contributed by atoms with Gasteiger partial charge in [-0.05, 0) is 13.0 Å². The lowest BCUT2D eigenvalue weighted by molar-refractivity contribution is 0.291. The molecule has 0 aliphatic carbocycles. The van der Waals surface area contributed by atoms with Crippen LogP contribution in [-0.2, 0) is 12.6 Å². The van der Waals surface area contributed by atoms with E-state index < -0.39 is 0 Å². The fourth-order valence-electron chi connectivity index (χ4n) is 3.83. The molecule has 0 amide bonds. The van der Waals surface area contributed by atoms with Gasteiger partial charge in [0.15, 0.2) is 0 Å². The second kappa shape index (κ2) is 6.28. The van der Waals surface area contributed by atoms with Crippen molar-refractivity contribution in [2.45, 2.75) is 18.4 Å². The van der Waals surface area contributed by atoms with Crippen LogP contribution in [0.25, 0.3) is 28.3 Å². The van der Waals surface area contributed by atoms with Crippen molar-refractivity contribution in [3.05, 3.63) is 43.2 Å². The average molecular weight is 373 g/mol. The van der Waals surface area contributed by atoms with Gasteiger partial charge in [0, 0.05) is 50.0 Å². The molecule has 28 heavy (non-hydrogen) atoms. The molecule has 9 heteroatoms. The zero-order chi connectivity index (χ0) is 19.1. The molecule has 5 heterocycles. The van der Waals surface area contributed by atoms with Crippen molar-refractivity contribution in [1.29, 1.82) is 5.26 Å². The minimum absolute atomic E-state index is 0.304. The molecule has 1 saturated heterocycles. The molecule has 0 radical (unpaired) electrons. The van der Waals surface area contributed by atoms with E-state index in [2.05, 4.69) is 26.6 Å². The number of rotatable bonds is 4. The SMILES string of the molecule is Cn1cc(-c2cc3nccn3c(-c3cnn(C4(CC#N)CCNC4)c3)n2)cn1. The number of hydrogen-bond donors (Lipinski definition) is 1. The number of nitriles is 1. The van der Waals surface area contributed by atoms with Crippen molar-refractivity contribution in [3.63, 3.8) is 0 Å². The Labute approximate surface area is 161 Å². The van der Waals surface area contributed by atoms with Gasteiger partial charge in [-0.25, -0.2) is 9.97 Å². The van der Waals surface area contributed by atoms with Crippen LogP contribution in [0.2, 0.25) is 0 Å². The molecule has 0 aromatic carbocycles. The van der Waals surface area contributed by atoms with Crippen LogP contribution in [0.15, 0.2) is 43.2 Å². The van der Waals surface area contributed by atoms with Crippen LogP contribution in [-0.4, -0.2) is 47.0 Å². The summed E-state index contributed by atoms with van der Waals surface area (Å²) in [5, 5.41) is 21.5. The Morgan fingerprint density at radius 1 is 1.25 bits per heavy atom. The van der Waals surface area contributed by atoms with E-state index in [0.717, 1.165) is 47.8 Å². The predicted octanol–water partition coefficient (Wildman–Crippen LogP) is 1.60. The van der Waals surface area contributed by atoms with Crippen LogP contribution in [0.3, 0.4) is 0 Å². The van der Waals surface area contributed by atoms with Crippen LogP contribution in [0, 0.1) is 11.3 Å². The van der Waals surface area contributed by atoms with Crippen LogP contribution in [0.5, 0.6) is 0 Å². The molecule has 5 rings (SSSR count). The van der Waals surface area contributed by atoms with Crippen molar-refractivity contribution in [2.24, 2.45) is 7.05 Å². The van der Waals surface area contributed by atoms with Gasteiger partial charge in [-0.2, -0.15) is 15.5 Å². The fraction of sp³-hybridized carbons (Fsp3) is 0.316. The topological polar surface area (TPSA) is 102 Å². The van der Waals surface area contributed by atoms with Crippen LogP contribution in [0.1, 0.15) is 12.8 Å². The van der Waals surface area contributed by atoms with Crippen molar-refractivity contribution < 1.29 is 0 Å². The maximum atomic E-state index is 9.30. The number of aromatic nitrogens is 7. The maximum Gasteiger partial charge on any atom is 0.149 e. The van der Waals surface area contributed by atoms with Gasteiger partial charge >= 0.3 is 0 Å². The summed E-state index contributed by atoms with van der Waals surface area (Å²) in [6, 6.07) is 4.26. The lowest BCUT2D eigenvalue weighted by Gasteiger charge is -2.25. The lowest BCUT2D eigenvalue weighted by Crippen LogP contribution is -2.36. The molecule has 1 aliphatic rings. The van der Waals surface area contributed by atoms with Crippen molar-refractivity contribution in [2.75, 3.05) is 13.1 Å². The molecule has 0 saturated carbocycles. The highest BCUT2D eigenvalue weighted by molar-refractivity contribution is 5.68. The first-order valence-electron chi connectivity index (χ1n) is 9.15. The normalized spacial score (nSPS) is 19.3. The zero-order valence-corrected chi connectivity index (χ0v) is 15.4. The minimum Gasteiger partial charge on any atom is -0.314 e. The minimum atomic E-state index is -0.304. The highest BCUT2D eigenvalue weighted by Crippen LogP contribution is 2.30. The lowest BCUT2D eigenvalue weighted by atomic mass is 9.95. The molecule has 9 nitrogen and oxygen atoms in total. The van der Waals surface area contributed by atoms with E-state index in [1.807, 2.05) is 47.0 Å². The fourth-order valence-corrected chi connectivity index (χ4v) is 3.83. The molecule has 4 aromatic heterocycles. The summed E-state index contributed by atoms with van der Waals surface area (Å²) >= 11 is 0. The van der Waals surface area contributed by atoms with E-state index in [1.54, 1.807) is 17.1 Å². The molecule has 1 fully saturated rings. The summed E-state index contributed by atoms with van der Waals surface area (Å²) in [5.41, 5.74) is 3.14. The summed E-state index contributed by atoms with van der Waals surface area (Å²) in [4.78, 5) is 9.31. The Hall–Kier alpha value is -3.51. The largest absolute Gasteiger partial charge is 0.314 e. The first kappa shape index (κ1) is 16.6. The molecule has 4 aromatic rings. The monoisotopic (exact) mass is 373 g/mol. The second-order valence-electron chi connectivity index (χ2n) is 7.18. The van der Waals surface area contributed by atoms with Gasteiger partial charge in [0.25, 0.3) is 0 Å². The summed E-state index contributed by atoms with van der Waals surface area (Å²) in [5.74, 6) is 0.762. The van der Waals surface area contributed by atoms with Crippen molar-refractivity contribution >= 4 is 5.65 Å². The quantitative estimate of drug-likeness (QED) is 0.583. The molecule has 1 aliphatic heterocycles. The van der Waals surface area contributed by atoms with Gasteiger partial charge in [0.05, 0.1) is 41.7 Å². The number of imidazole rings is 1. The standard InChI is InChI=1S/C19H19N9/c1-26-11-14(9-23-26)16-8-17-22-6-7-27(17)18(25-16)15-10-24-28(12-15)19(2-4-20)3-5-21-13-19/h6-12,21H,2-3,5,13H2,1H3. The Balaban J connectivity index is 1.63. The molecule has 1 N–H and O–H groups in total. The van der Waals surface area contributed by atoms with Crippen molar-refractivity contribution in [3.8, 4) is 28.7 Å². The Kier molecular flexibility index (Phi) is 3.74. The summed E-state index contributed by atoms with van der Waals surface area (Å²) in [6.45, 7) is 1.63. The first-order chi connectivity index (χ1) is 13.7. The third-order valence-electron chi connectivity index (χ3n) is 5.35. The van der Waals surface area contributed by atoms with Crippen LogP contribution < -0.4 is 5.32 Å². The van der Waals surface area contributed by atoms with Gasteiger partial charge in [0.1, 0.15) is 11.5 Å². The van der Waals surface area contributed by atoms with Crippen molar-refractivity contribution in [1.82, 2.24) is 39.2 Å². The predicted molar refractivity (Wildman–Crippen MR) is 102 cm³/mol. The Bertz CT molecular complexity index is 1180. The summed E-state index contributed by atoms with van der Waals surface area (Å²) < 4.78 is 5.63. The third kappa shape index (κ3) is 2.58. The highest BCUT2D eigenvalue weighted by atomic mass is 15.3. The number of nitrogens with zero attached hydrogens (tertiary/aromatic N) is 8. The highest BCUT2D eigenvalue weighted by Gasteiger charge is 2.36. The van der Waals surface area contributed by atoms with Crippen LogP contribution >= 0.6 is 0 Å². The van der Waals surface area contributed by atoms with Gasteiger partial charge in [0.2, 0.25) is 0 Å². The Morgan fingerprint density at radius 2 is 2.14 bits per heavy atom. The molecular formula is C19H19N9. The summed E-state index contributed by atoms with van der Waals surface area (Å²) in [7, 11) is 1.88. The first-order valence-corrected chi connectivity index (χ1v) is 9.15. The van der Waals surface area contributed by atoms with Gasteiger partial charge in [-0.1, -0.05) is 0 Å². The zero-order valence-electron chi connectivity index (χ0n) is 15.4. The second-order valence-corrected chi connectivity index (χ2v) is 7.18. The van der Waals surface area contributed by atoms with E-state index in [9.17, 15) is 5.26 Å². The number of nitrogens with one attached hydrogen (secondary N) is 1. The van der Waals surface area contributed by atoms with E-state index in [4.69, 9.17) is 4.98 Å². The molecule has 1 unspecified atom stereocenters. The average Bonchev–Trinajstić information content (AvgIpc) is 3.47. The van der Waals surface area contributed by atoms with Gasteiger partial charge in [-0.3, -0.25) is 13.8 Å². The maximum absolute atomic E-state index is 9.30. The molecule has 0 spiro atoms. The van der Waals surface area contributed by atoms with Gasteiger partial charge < -0.3 is 5.32 Å². The number of aryl methyl sites for hydroxylation is 1. The van der Waals surface area contributed by atoms with Crippen LogP contribution in [0.4, 0.5) is 0 Å². The molecular weight excluding hydrogens is 354 g/mol. The number of hydrogen-bond acceptors (Lipinski definition) is 6. The van der Waals surface area contributed by atoms with E-state index >= 15 is 0 Å². The van der Waals surface area contributed by atoms with E-state index in [0.29, 0.717) is 6.42 Å². The van der Waals surface area contributed by atoms with E-state index in [-0.39, 0.29) is 5.54 Å². The van der Waals surface area contributed by atoms with E-state index in [1.165, 1.54) is 0 Å². The molecule has 140 valence electrons. The smallest absolute Gasteiger partial charge is 0.149 e. The number of fused-ring (bicyclic) bond motifs is 1. The summed E-state index contributed by atoms with van der Waals surface area (Å²) in [6.07, 6.45) is 12.5. The third-order valence-corrected chi connectivity index (χ3v) is 5.35. The molecule has 1 atom stereocenters. The Morgan fingerprint density at radius 3 is 2.89 bits per heavy atom. The van der Waals surface area contributed by atoms with Gasteiger partial charge in [-0.15, -0.1) is 0 Å².